The van der Waals surface area contributed by atoms with Crippen molar-refractivity contribution in [3.05, 3.63) is 32.2 Å². The summed E-state index contributed by atoms with van der Waals surface area (Å²) in [6.45, 7) is 2.94. The minimum absolute atomic E-state index is 0.206. The summed E-state index contributed by atoms with van der Waals surface area (Å²) in [4.78, 5) is 12.9. The molecule has 2 rings (SSSR count). The van der Waals surface area contributed by atoms with Crippen molar-refractivity contribution in [2.75, 3.05) is 20.3 Å². The Kier molecular flexibility index (Phi) is 5.27. The molecule has 0 fully saturated rings. The van der Waals surface area contributed by atoms with Crippen LogP contribution >= 0.6 is 27.3 Å². The van der Waals surface area contributed by atoms with E-state index in [0.717, 1.165) is 9.35 Å². The summed E-state index contributed by atoms with van der Waals surface area (Å²) in [6.07, 6.45) is 0. The molecule has 2 aromatic rings. The van der Waals surface area contributed by atoms with Crippen LogP contribution in [0, 0.1) is 6.92 Å². The van der Waals surface area contributed by atoms with Gasteiger partial charge in [0.1, 0.15) is 6.61 Å². The highest BCUT2D eigenvalue weighted by Crippen LogP contribution is 2.23. The van der Waals surface area contributed by atoms with E-state index in [2.05, 4.69) is 26.2 Å². The third-order valence-corrected chi connectivity index (χ3v) is 4.59. The predicted octanol–water partition coefficient (Wildman–Crippen LogP) is 2.26. The van der Waals surface area contributed by atoms with Crippen LogP contribution in [0.4, 0.5) is 0 Å². The van der Waals surface area contributed by atoms with Crippen LogP contribution in [0.1, 0.15) is 21.1 Å². The highest BCUT2D eigenvalue weighted by molar-refractivity contribution is 9.10. The van der Waals surface area contributed by atoms with E-state index < -0.39 is 5.97 Å². The number of thiophene rings is 1. The Labute approximate surface area is 128 Å². The SMILES string of the molecule is COCCOC(=O)c1nnn(Cc2sccc2Br)c1C. The molecule has 0 spiro atoms. The molecular weight excluding hydrogens is 346 g/mol. The molecule has 2 aromatic heterocycles. The fourth-order valence-corrected chi connectivity index (χ4v) is 3.02. The van der Waals surface area contributed by atoms with E-state index in [0.29, 0.717) is 18.8 Å². The van der Waals surface area contributed by atoms with Gasteiger partial charge in [0.25, 0.3) is 0 Å². The monoisotopic (exact) mass is 359 g/mol. The summed E-state index contributed by atoms with van der Waals surface area (Å²) in [6, 6.07) is 1.98. The number of aromatic nitrogens is 3. The van der Waals surface area contributed by atoms with Crippen LogP contribution in [0.25, 0.3) is 0 Å². The number of rotatable bonds is 6. The second kappa shape index (κ2) is 6.96. The van der Waals surface area contributed by atoms with Crippen molar-refractivity contribution in [3.8, 4) is 0 Å². The zero-order valence-electron chi connectivity index (χ0n) is 11.1. The normalized spacial score (nSPS) is 10.8. The number of methoxy groups -OCH3 is 1. The quantitative estimate of drug-likeness (QED) is 0.584. The lowest BCUT2D eigenvalue weighted by Gasteiger charge is -2.04. The van der Waals surface area contributed by atoms with E-state index in [-0.39, 0.29) is 12.3 Å². The molecule has 8 heteroatoms. The summed E-state index contributed by atoms with van der Waals surface area (Å²) in [5.74, 6) is -0.476. The molecule has 0 amide bonds. The highest BCUT2D eigenvalue weighted by atomic mass is 79.9. The largest absolute Gasteiger partial charge is 0.458 e. The van der Waals surface area contributed by atoms with Crippen LogP contribution in [0.3, 0.4) is 0 Å². The second-order valence-corrected chi connectivity index (χ2v) is 5.86. The van der Waals surface area contributed by atoms with Crippen LogP contribution in [-0.4, -0.2) is 41.3 Å². The van der Waals surface area contributed by atoms with E-state index in [1.807, 2.05) is 11.4 Å². The third kappa shape index (κ3) is 3.44. The standard InChI is InChI=1S/C12H14BrN3O3S/c1-8-11(12(17)19-5-4-18-2)14-15-16(8)7-10-9(13)3-6-20-10/h3,6H,4-5,7H2,1-2H3. The van der Waals surface area contributed by atoms with E-state index >= 15 is 0 Å². The van der Waals surface area contributed by atoms with E-state index in [4.69, 9.17) is 9.47 Å². The molecule has 0 bridgehead atoms. The molecule has 0 aliphatic heterocycles. The van der Waals surface area contributed by atoms with Gasteiger partial charge in [0, 0.05) is 16.5 Å². The molecule has 108 valence electrons. The Balaban J connectivity index is 2.07. The topological polar surface area (TPSA) is 66.2 Å². The van der Waals surface area contributed by atoms with Gasteiger partial charge in [-0.15, -0.1) is 16.4 Å². The van der Waals surface area contributed by atoms with Crippen molar-refractivity contribution < 1.29 is 14.3 Å². The smallest absolute Gasteiger partial charge is 0.360 e. The lowest BCUT2D eigenvalue weighted by Crippen LogP contribution is -2.12. The molecule has 0 saturated carbocycles. The summed E-state index contributed by atoms with van der Waals surface area (Å²) >= 11 is 5.09. The van der Waals surface area contributed by atoms with Crippen LogP contribution in [0.15, 0.2) is 15.9 Å². The number of carbonyl (C=O) groups excluding carboxylic acids is 1. The van der Waals surface area contributed by atoms with Gasteiger partial charge >= 0.3 is 5.97 Å². The first-order chi connectivity index (χ1) is 9.63. The minimum Gasteiger partial charge on any atom is -0.458 e. The summed E-state index contributed by atoms with van der Waals surface area (Å²) in [5, 5.41) is 9.88. The number of hydrogen-bond acceptors (Lipinski definition) is 6. The van der Waals surface area contributed by atoms with Gasteiger partial charge in [-0.1, -0.05) is 5.21 Å². The molecule has 0 aromatic carbocycles. The molecule has 0 unspecified atom stereocenters. The summed E-state index contributed by atoms with van der Waals surface area (Å²) < 4.78 is 12.6. The number of hydrogen-bond donors (Lipinski definition) is 0. The maximum absolute atomic E-state index is 11.8. The summed E-state index contributed by atoms with van der Waals surface area (Å²) in [5.41, 5.74) is 0.932. The van der Waals surface area contributed by atoms with Gasteiger partial charge < -0.3 is 9.47 Å². The maximum Gasteiger partial charge on any atom is 0.360 e. The van der Waals surface area contributed by atoms with Crippen LogP contribution in [-0.2, 0) is 16.0 Å². The van der Waals surface area contributed by atoms with Crippen molar-refractivity contribution in [1.29, 1.82) is 0 Å². The van der Waals surface area contributed by atoms with Crippen molar-refractivity contribution in [1.82, 2.24) is 15.0 Å². The average Bonchev–Trinajstić information content (AvgIpc) is 2.98. The van der Waals surface area contributed by atoms with E-state index in [1.165, 1.54) is 0 Å². The fourth-order valence-electron chi connectivity index (χ4n) is 1.56. The number of nitrogens with zero attached hydrogens (tertiary/aromatic N) is 3. The predicted molar refractivity (Wildman–Crippen MR) is 78.0 cm³/mol. The van der Waals surface area contributed by atoms with Gasteiger partial charge in [0.2, 0.25) is 0 Å². The van der Waals surface area contributed by atoms with Crippen molar-refractivity contribution >= 4 is 33.2 Å². The van der Waals surface area contributed by atoms with E-state index in [9.17, 15) is 4.79 Å². The van der Waals surface area contributed by atoms with E-state index in [1.54, 1.807) is 30.1 Å². The molecule has 2 heterocycles. The molecule has 0 N–H and O–H groups in total. The Hall–Kier alpha value is -1.25. The first kappa shape index (κ1) is 15.1. The molecular formula is C12H14BrN3O3S. The lowest BCUT2D eigenvalue weighted by atomic mass is 10.3. The molecule has 0 atom stereocenters. The molecule has 0 saturated heterocycles. The number of carbonyl (C=O) groups is 1. The Bertz CT molecular complexity index is 597. The van der Waals surface area contributed by atoms with Crippen LogP contribution < -0.4 is 0 Å². The Morgan fingerprint density at radius 2 is 2.30 bits per heavy atom. The van der Waals surface area contributed by atoms with Gasteiger partial charge in [-0.3, -0.25) is 0 Å². The van der Waals surface area contributed by atoms with Gasteiger partial charge in [-0.2, -0.15) is 0 Å². The van der Waals surface area contributed by atoms with Gasteiger partial charge in [0.05, 0.1) is 18.8 Å². The van der Waals surface area contributed by atoms with Crippen molar-refractivity contribution in [3.63, 3.8) is 0 Å². The summed E-state index contributed by atoms with van der Waals surface area (Å²) in [7, 11) is 1.55. The second-order valence-electron chi connectivity index (χ2n) is 4.00. The highest BCUT2D eigenvalue weighted by Gasteiger charge is 2.18. The zero-order chi connectivity index (χ0) is 14.5. The van der Waals surface area contributed by atoms with Crippen LogP contribution in [0.2, 0.25) is 0 Å². The molecule has 0 aliphatic carbocycles. The van der Waals surface area contributed by atoms with Gasteiger partial charge in [-0.05, 0) is 34.3 Å². The Morgan fingerprint density at radius 3 is 2.95 bits per heavy atom. The zero-order valence-corrected chi connectivity index (χ0v) is 13.5. The molecule has 20 heavy (non-hydrogen) atoms. The number of halogens is 1. The first-order valence-corrected chi connectivity index (χ1v) is 7.58. The van der Waals surface area contributed by atoms with Crippen LogP contribution in [0.5, 0.6) is 0 Å². The first-order valence-electron chi connectivity index (χ1n) is 5.91. The number of ether oxygens (including phenoxy) is 2. The maximum atomic E-state index is 11.8. The van der Waals surface area contributed by atoms with Crippen molar-refractivity contribution in [2.24, 2.45) is 0 Å². The molecule has 6 nitrogen and oxygen atoms in total. The lowest BCUT2D eigenvalue weighted by molar-refractivity contribution is 0.0380. The van der Waals surface area contributed by atoms with Crippen molar-refractivity contribution in [2.45, 2.75) is 13.5 Å². The Morgan fingerprint density at radius 1 is 1.50 bits per heavy atom. The molecule has 0 aliphatic rings. The fraction of sp³-hybridized carbons (Fsp3) is 0.417. The third-order valence-electron chi connectivity index (χ3n) is 2.68. The average molecular weight is 360 g/mol. The minimum atomic E-state index is -0.476. The van der Waals surface area contributed by atoms with Gasteiger partial charge in [-0.25, -0.2) is 9.48 Å². The molecule has 0 radical (unpaired) electrons. The number of esters is 1. The van der Waals surface area contributed by atoms with Gasteiger partial charge in [0.15, 0.2) is 5.69 Å².